The minimum absolute atomic E-state index is 0.325. The molecule has 0 radical (unpaired) electrons. The van der Waals surface area contributed by atoms with Gasteiger partial charge in [-0.05, 0) is 51.1 Å². The number of hydrogen-bond acceptors (Lipinski definition) is 4. The molecule has 6 heteroatoms. The molecule has 6 nitrogen and oxygen atoms in total. The summed E-state index contributed by atoms with van der Waals surface area (Å²) in [7, 11) is 0. The van der Waals surface area contributed by atoms with E-state index in [1.54, 1.807) is 30.3 Å². The third-order valence-corrected chi connectivity index (χ3v) is 5.15. The second-order valence-electron chi connectivity index (χ2n) is 7.10. The first-order valence-corrected chi connectivity index (χ1v) is 9.27. The summed E-state index contributed by atoms with van der Waals surface area (Å²) in [6, 6.07) is 16.3. The number of benzene rings is 2. The number of carbonyl (C=O) groups is 3. The highest BCUT2D eigenvalue weighted by molar-refractivity contribution is 6.21. The van der Waals surface area contributed by atoms with E-state index >= 15 is 0 Å². The number of fused-ring (bicyclic) bond motifs is 1. The maximum Gasteiger partial charge on any atom is 0.341 e. The predicted molar refractivity (Wildman–Crippen MR) is 107 cm³/mol. The molecule has 0 saturated heterocycles. The van der Waals surface area contributed by atoms with Crippen LogP contribution in [0.3, 0.4) is 0 Å². The lowest BCUT2D eigenvalue weighted by molar-refractivity contribution is 0.0227. The fraction of sp³-hybridized carbons (Fsp3) is 0.174. The summed E-state index contributed by atoms with van der Waals surface area (Å²) in [6.07, 6.45) is 0. The van der Waals surface area contributed by atoms with Gasteiger partial charge < -0.3 is 9.30 Å². The largest absolute Gasteiger partial charge is 0.440 e. The summed E-state index contributed by atoms with van der Waals surface area (Å²) in [5.74, 6) is -1.49. The summed E-state index contributed by atoms with van der Waals surface area (Å²) >= 11 is 0. The fourth-order valence-corrected chi connectivity index (χ4v) is 3.62. The lowest BCUT2D eigenvalue weighted by Gasteiger charge is -2.14. The molecular weight excluding hydrogens is 368 g/mol. The zero-order valence-electron chi connectivity index (χ0n) is 16.4. The van der Waals surface area contributed by atoms with Gasteiger partial charge in [-0.15, -0.1) is 0 Å². The highest BCUT2D eigenvalue weighted by Crippen LogP contribution is 2.24. The van der Waals surface area contributed by atoms with E-state index in [9.17, 15) is 14.4 Å². The zero-order valence-corrected chi connectivity index (χ0v) is 16.4. The normalized spacial score (nSPS) is 13.0. The number of carbonyl (C=O) groups excluding carboxylic acids is 3. The second-order valence-corrected chi connectivity index (χ2v) is 7.10. The van der Waals surface area contributed by atoms with Gasteiger partial charge in [0.15, 0.2) is 6.73 Å². The second kappa shape index (κ2) is 7.05. The van der Waals surface area contributed by atoms with Crippen molar-refractivity contribution in [3.63, 3.8) is 0 Å². The average Bonchev–Trinajstić information content (AvgIpc) is 3.14. The Hall–Kier alpha value is -3.67. The van der Waals surface area contributed by atoms with Gasteiger partial charge in [0.2, 0.25) is 0 Å². The summed E-state index contributed by atoms with van der Waals surface area (Å²) in [5, 5.41) is 0. The standard InChI is InChI=1S/C23H20N2O4/c1-14-8-10-17(11-9-14)25-15(2)12-20(16(25)3)23(28)29-13-24-21(26)18-6-4-5-7-19(18)22(24)27/h4-12H,13H2,1-3H3. The van der Waals surface area contributed by atoms with Crippen LogP contribution < -0.4 is 0 Å². The van der Waals surface area contributed by atoms with E-state index in [2.05, 4.69) is 0 Å². The van der Waals surface area contributed by atoms with Gasteiger partial charge in [-0.3, -0.25) is 9.59 Å². The summed E-state index contributed by atoms with van der Waals surface area (Å²) in [5.41, 5.74) is 4.77. The van der Waals surface area contributed by atoms with Crippen molar-refractivity contribution >= 4 is 17.8 Å². The number of aryl methyl sites for hydroxylation is 2. The molecule has 4 rings (SSSR count). The van der Waals surface area contributed by atoms with Crippen LogP contribution in [0.25, 0.3) is 5.69 Å². The highest BCUT2D eigenvalue weighted by atomic mass is 16.5. The van der Waals surface area contributed by atoms with E-state index < -0.39 is 24.5 Å². The Balaban J connectivity index is 1.53. The average molecular weight is 388 g/mol. The van der Waals surface area contributed by atoms with Crippen molar-refractivity contribution in [2.75, 3.05) is 6.73 Å². The van der Waals surface area contributed by atoms with Gasteiger partial charge in [0.1, 0.15) is 0 Å². The van der Waals surface area contributed by atoms with E-state index in [0.29, 0.717) is 16.7 Å². The van der Waals surface area contributed by atoms with Crippen molar-refractivity contribution < 1.29 is 19.1 Å². The van der Waals surface area contributed by atoms with Gasteiger partial charge in [-0.1, -0.05) is 29.8 Å². The molecule has 1 aliphatic heterocycles. The first kappa shape index (κ1) is 18.7. The molecule has 146 valence electrons. The van der Waals surface area contributed by atoms with Crippen molar-refractivity contribution in [2.45, 2.75) is 20.8 Å². The number of nitrogens with zero attached hydrogens (tertiary/aromatic N) is 2. The molecule has 2 amide bonds. The van der Waals surface area contributed by atoms with Crippen LogP contribution in [0, 0.1) is 20.8 Å². The predicted octanol–water partition coefficient (Wildman–Crippen LogP) is 3.81. The molecule has 2 heterocycles. The molecule has 3 aromatic rings. The molecule has 1 aromatic heterocycles. The number of esters is 1. The maximum absolute atomic E-state index is 12.7. The molecule has 0 unspecified atom stereocenters. The Morgan fingerprint density at radius 1 is 0.897 bits per heavy atom. The number of rotatable bonds is 4. The molecular formula is C23H20N2O4. The molecule has 0 spiro atoms. The minimum atomic E-state index is -0.576. The quantitative estimate of drug-likeness (QED) is 0.503. The van der Waals surface area contributed by atoms with Crippen molar-refractivity contribution in [2.24, 2.45) is 0 Å². The van der Waals surface area contributed by atoms with Crippen LogP contribution in [-0.4, -0.2) is 34.0 Å². The van der Waals surface area contributed by atoms with E-state index in [1.807, 2.05) is 49.6 Å². The molecule has 29 heavy (non-hydrogen) atoms. The van der Waals surface area contributed by atoms with Crippen LogP contribution in [0.1, 0.15) is 48.0 Å². The first-order valence-electron chi connectivity index (χ1n) is 9.27. The van der Waals surface area contributed by atoms with Crippen molar-refractivity contribution in [1.82, 2.24) is 9.47 Å². The van der Waals surface area contributed by atoms with Gasteiger partial charge in [0.05, 0.1) is 16.7 Å². The molecule has 2 aromatic carbocycles. The number of hydrogen-bond donors (Lipinski definition) is 0. The fourth-order valence-electron chi connectivity index (χ4n) is 3.62. The van der Waals surface area contributed by atoms with Crippen LogP contribution in [0.5, 0.6) is 0 Å². The molecule has 1 aliphatic rings. The number of amides is 2. The molecule has 0 saturated carbocycles. The number of aromatic nitrogens is 1. The van der Waals surface area contributed by atoms with Gasteiger partial charge in [-0.25, -0.2) is 9.69 Å². The monoisotopic (exact) mass is 388 g/mol. The van der Waals surface area contributed by atoms with Gasteiger partial charge in [-0.2, -0.15) is 0 Å². The van der Waals surface area contributed by atoms with Crippen LogP contribution in [0.2, 0.25) is 0 Å². The van der Waals surface area contributed by atoms with Crippen molar-refractivity contribution in [1.29, 1.82) is 0 Å². The number of imide groups is 1. The third kappa shape index (κ3) is 3.12. The van der Waals surface area contributed by atoms with E-state index in [-0.39, 0.29) is 0 Å². The summed E-state index contributed by atoms with van der Waals surface area (Å²) in [4.78, 5) is 38.4. The zero-order chi connectivity index (χ0) is 20.7. The number of ether oxygens (including phenoxy) is 1. The third-order valence-electron chi connectivity index (χ3n) is 5.15. The van der Waals surface area contributed by atoms with Crippen molar-refractivity contribution in [3.05, 3.63) is 88.2 Å². The lowest BCUT2D eigenvalue weighted by Crippen LogP contribution is -2.33. The van der Waals surface area contributed by atoms with Crippen LogP contribution in [0.15, 0.2) is 54.6 Å². The smallest absolute Gasteiger partial charge is 0.341 e. The van der Waals surface area contributed by atoms with E-state index in [0.717, 1.165) is 27.5 Å². The van der Waals surface area contributed by atoms with Gasteiger partial charge >= 0.3 is 5.97 Å². The van der Waals surface area contributed by atoms with Gasteiger partial charge in [0.25, 0.3) is 11.8 Å². The van der Waals surface area contributed by atoms with E-state index in [1.165, 1.54) is 0 Å². The Kier molecular flexibility index (Phi) is 4.54. The summed E-state index contributed by atoms with van der Waals surface area (Å²) < 4.78 is 7.29. The molecule has 0 N–H and O–H groups in total. The Morgan fingerprint density at radius 2 is 1.48 bits per heavy atom. The lowest BCUT2D eigenvalue weighted by atomic mass is 10.1. The van der Waals surface area contributed by atoms with Gasteiger partial charge in [0, 0.05) is 17.1 Å². The Morgan fingerprint density at radius 3 is 2.07 bits per heavy atom. The Labute approximate surface area is 168 Å². The van der Waals surface area contributed by atoms with Crippen molar-refractivity contribution in [3.8, 4) is 5.69 Å². The van der Waals surface area contributed by atoms with Crippen LogP contribution >= 0.6 is 0 Å². The highest BCUT2D eigenvalue weighted by Gasteiger charge is 2.36. The maximum atomic E-state index is 12.7. The molecule has 0 aliphatic carbocycles. The van der Waals surface area contributed by atoms with E-state index in [4.69, 9.17) is 4.74 Å². The molecule has 0 atom stereocenters. The topological polar surface area (TPSA) is 68.6 Å². The summed E-state index contributed by atoms with van der Waals surface area (Å²) in [6.45, 7) is 5.35. The molecule has 0 bridgehead atoms. The van der Waals surface area contributed by atoms with Crippen LogP contribution in [-0.2, 0) is 4.74 Å². The first-order chi connectivity index (χ1) is 13.9. The minimum Gasteiger partial charge on any atom is -0.440 e. The molecule has 0 fully saturated rings. The van der Waals surface area contributed by atoms with Crippen LogP contribution in [0.4, 0.5) is 0 Å². The Bertz CT molecular complexity index is 1110. The SMILES string of the molecule is Cc1ccc(-n2c(C)cc(C(=O)OCN3C(=O)c4ccccc4C3=O)c2C)cc1.